The molecule has 0 fully saturated rings. The molecule has 1 atom stereocenters. The summed E-state index contributed by atoms with van der Waals surface area (Å²) in [6, 6.07) is 9.17. The molecule has 1 unspecified atom stereocenters. The molecule has 0 aliphatic rings. The number of nitrogens with one attached hydrogen (secondary N) is 2. The van der Waals surface area contributed by atoms with Crippen molar-refractivity contribution in [3.05, 3.63) is 47.3 Å². The number of aromatic amines is 1. The second-order valence-electron chi connectivity index (χ2n) is 7.20. The van der Waals surface area contributed by atoms with E-state index in [1.807, 2.05) is 31.2 Å². The first kappa shape index (κ1) is 18.7. The Balaban J connectivity index is 2.00. The monoisotopic (exact) mass is 343 g/mol. The van der Waals surface area contributed by atoms with Crippen LogP contribution in [0.25, 0.3) is 0 Å². The average Bonchev–Trinajstić information content (AvgIpc) is 3.06. The molecule has 0 saturated carbocycles. The van der Waals surface area contributed by atoms with Crippen LogP contribution in [0.1, 0.15) is 49.4 Å². The lowest BCUT2D eigenvalue weighted by Crippen LogP contribution is -2.15. The molecule has 6 heteroatoms. The molecule has 1 amide bonds. The van der Waals surface area contributed by atoms with E-state index < -0.39 is 0 Å². The Hall–Kier alpha value is -2.63. The fourth-order valence-electron chi connectivity index (χ4n) is 2.38. The second-order valence-corrected chi connectivity index (χ2v) is 7.20. The first-order chi connectivity index (χ1) is 11.7. The van der Waals surface area contributed by atoms with E-state index in [1.54, 1.807) is 6.07 Å². The van der Waals surface area contributed by atoms with Crippen LogP contribution in [0.3, 0.4) is 0 Å². The molecule has 134 valence electrons. The third kappa shape index (κ3) is 4.92. The normalized spacial score (nSPS) is 12.5. The third-order valence-electron chi connectivity index (χ3n) is 3.98. The average molecular weight is 343 g/mol. The number of hydrogen-bond donors (Lipinski definition) is 2. The number of benzene rings is 1. The minimum absolute atomic E-state index is 0.0937. The van der Waals surface area contributed by atoms with E-state index in [-0.39, 0.29) is 23.2 Å². The number of rotatable bonds is 5. The summed E-state index contributed by atoms with van der Waals surface area (Å²) in [6.45, 7) is 7.98. The van der Waals surface area contributed by atoms with Gasteiger partial charge in [-0.15, -0.1) is 0 Å². The van der Waals surface area contributed by atoms with E-state index in [2.05, 4.69) is 36.3 Å². The van der Waals surface area contributed by atoms with Gasteiger partial charge in [0.15, 0.2) is 5.69 Å². The van der Waals surface area contributed by atoms with Gasteiger partial charge in [-0.1, -0.05) is 39.8 Å². The first-order valence-electron chi connectivity index (χ1n) is 8.24. The van der Waals surface area contributed by atoms with Crippen LogP contribution < -0.4 is 5.32 Å². The maximum absolute atomic E-state index is 12.3. The summed E-state index contributed by atoms with van der Waals surface area (Å²) in [5.41, 5.74) is 2.85. The van der Waals surface area contributed by atoms with Gasteiger partial charge >= 0.3 is 5.97 Å². The molecule has 0 bridgehead atoms. The fraction of sp³-hybridized carbons (Fsp3) is 0.421. The SMILES string of the molecule is COC(=O)C(C)Cc1ccc(NC(=O)c2cc(C(C)(C)C)[nH]n2)cc1. The van der Waals surface area contributed by atoms with Gasteiger partial charge < -0.3 is 10.1 Å². The Labute approximate surface area is 148 Å². The highest BCUT2D eigenvalue weighted by Gasteiger charge is 2.19. The summed E-state index contributed by atoms with van der Waals surface area (Å²) in [6.07, 6.45) is 0.592. The summed E-state index contributed by atoms with van der Waals surface area (Å²) in [7, 11) is 1.39. The number of nitrogens with zero attached hydrogens (tertiary/aromatic N) is 1. The quantitative estimate of drug-likeness (QED) is 0.816. The summed E-state index contributed by atoms with van der Waals surface area (Å²) < 4.78 is 4.73. The Morgan fingerprint density at radius 2 is 1.88 bits per heavy atom. The molecule has 0 saturated heterocycles. The molecule has 1 aromatic carbocycles. The van der Waals surface area contributed by atoms with Crippen molar-refractivity contribution < 1.29 is 14.3 Å². The number of methoxy groups -OCH3 is 1. The van der Waals surface area contributed by atoms with Gasteiger partial charge in [0.1, 0.15) is 0 Å². The lowest BCUT2D eigenvalue weighted by molar-refractivity contribution is -0.144. The van der Waals surface area contributed by atoms with Crippen LogP contribution in [0.15, 0.2) is 30.3 Å². The minimum atomic E-state index is -0.262. The topological polar surface area (TPSA) is 84.1 Å². The molecular weight excluding hydrogens is 318 g/mol. The summed E-state index contributed by atoms with van der Waals surface area (Å²) in [5, 5.41) is 9.81. The Morgan fingerprint density at radius 1 is 1.24 bits per heavy atom. The number of aromatic nitrogens is 2. The highest BCUT2D eigenvalue weighted by molar-refractivity contribution is 6.02. The number of hydrogen-bond acceptors (Lipinski definition) is 4. The smallest absolute Gasteiger partial charge is 0.308 e. The lowest BCUT2D eigenvalue weighted by Gasteiger charge is -2.14. The van der Waals surface area contributed by atoms with Gasteiger partial charge in [-0.3, -0.25) is 14.7 Å². The van der Waals surface area contributed by atoms with Crippen LogP contribution in [-0.2, 0) is 21.4 Å². The molecule has 2 rings (SSSR count). The number of amides is 1. The van der Waals surface area contributed by atoms with Gasteiger partial charge in [0.05, 0.1) is 13.0 Å². The highest BCUT2D eigenvalue weighted by Crippen LogP contribution is 2.21. The first-order valence-corrected chi connectivity index (χ1v) is 8.24. The summed E-state index contributed by atoms with van der Waals surface area (Å²) >= 11 is 0. The molecule has 6 nitrogen and oxygen atoms in total. The minimum Gasteiger partial charge on any atom is -0.469 e. The highest BCUT2D eigenvalue weighted by atomic mass is 16.5. The summed E-state index contributed by atoms with van der Waals surface area (Å²) in [5.74, 6) is -0.696. The van der Waals surface area contributed by atoms with Gasteiger partial charge in [0, 0.05) is 16.8 Å². The largest absolute Gasteiger partial charge is 0.469 e. The second kappa shape index (κ2) is 7.51. The standard InChI is InChI=1S/C19H25N3O3/c1-12(18(24)25-5)10-13-6-8-14(9-7-13)20-17(23)15-11-16(22-21-15)19(2,3)4/h6-9,11-12H,10H2,1-5H3,(H,20,23)(H,21,22). The van der Waals surface area contributed by atoms with Crippen molar-refractivity contribution >= 4 is 17.6 Å². The zero-order valence-corrected chi connectivity index (χ0v) is 15.3. The lowest BCUT2D eigenvalue weighted by atomic mass is 9.92. The maximum Gasteiger partial charge on any atom is 0.308 e. The molecule has 25 heavy (non-hydrogen) atoms. The number of esters is 1. The Morgan fingerprint density at radius 3 is 2.40 bits per heavy atom. The molecule has 2 aromatic rings. The van der Waals surface area contributed by atoms with Gasteiger partial charge in [-0.2, -0.15) is 5.10 Å². The van der Waals surface area contributed by atoms with Crippen LogP contribution in [-0.4, -0.2) is 29.2 Å². The van der Waals surface area contributed by atoms with E-state index in [0.717, 1.165) is 11.3 Å². The third-order valence-corrected chi connectivity index (χ3v) is 3.98. The van der Waals surface area contributed by atoms with Crippen molar-refractivity contribution in [2.75, 3.05) is 12.4 Å². The summed E-state index contributed by atoms with van der Waals surface area (Å²) in [4.78, 5) is 23.8. The van der Waals surface area contributed by atoms with Crippen molar-refractivity contribution in [2.24, 2.45) is 5.92 Å². The van der Waals surface area contributed by atoms with Crippen molar-refractivity contribution in [2.45, 2.75) is 39.5 Å². The number of ether oxygens (including phenoxy) is 1. The van der Waals surface area contributed by atoms with Crippen LogP contribution >= 0.6 is 0 Å². The van der Waals surface area contributed by atoms with Crippen molar-refractivity contribution in [1.82, 2.24) is 10.2 Å². The van der Waals surface area contributed by atoms with Gasteiger partial charge in [-0.25, -0.2) is 0 Å². The van der Waals surface area contributed by atoms with Crippen molar-refractivity contribution in [1.29, 1.82) is 0 Å². The van der Waals surface area contributed by atoms with Gasteiger partial charge in [0.25, 0.3) is 5.91 Å². The van der Waals surface area contributed by atoms with E-state index in [0.29, 0.717) is 17.8 Å². The van der Waals surface area contributed by atoms with Crippen LogP contribution in [0.4, 0.5) is 5.69 Å². The predicted molar refractivity (Wildman–Crippen MR) is 96.6 cm³/mol. The van der Waals surface area contributed by atoms with Gasteiger partial charge in [0.2, 0.25) is 0 Å². The molecule has 0 radical (unpaired) electrons. The number of H-pyrrole nitrogens is 1. The molecule has 0 aliphatic heterocycles. The molecule has 0 spiro atoms. The molecule has 1 heterocycles. The molecule has 2 N–H and O–H groups in total. The zero-order chi connectivity index (χ0) is 18.6. The fourth-order valence-corrected chi connectivity index (χ4v) is 2.38. The molecule has 1 aromatic heterocycles. The van der Waals surface area contributed by atoms with E-state index in [4.69, 9.17) is 4.74 Å². The zero-order valence-electron chi connectivity index (χ0n) is 15.3. The Bertz CT molecular complexity index is 742. The Kier molecular flexibility index (Phi) is 5.62. The van der Waals surface area contributed by atoms with Gasteiger partial charge in [-0.05, 0) is 30.2 Å². The number of carbonyl (C=O) groups excluding carboxylic acids is 2. The van der Waals surface area contributed by atoms with Crippen molar-refractivity contribution in [3.8, 4) is 0 Å². The van der Waals surface area contributed by atoms with Crippen LogP contribution in [0.2, 0.25) is 0 Å². The number of carbonyl (C=O) groups is 2. The van der Waals surface area contributed by atoms with Crippen molar-refractivity contribution in [3.63, 3.8) is 0 Å². The van der Waals surface area contributed by atoms with Crippen LogP contribution in [0, 0.1) is 5.92 Å². The van der Waals surface area contributed by atoms with Crippen LogP contribution in [0.5, 0.6) is 0 Å². The van der Waals surface area contributed by atoms with E-state index in [1.165, 1.54) is 7.11 Å². The molecular formula is C19H25N3O3. The number of anilines is 1. The maximum atomic E-state index is 12.3. The predicted octanol–water partition coefficient (Wildman–Crippen LogP) is 3.31. The molecule has 0 aliphatic carbocycles. The van der Waals surface area contributed by atoms with E-state index in [9.17, 15) is 9.59 Å². The van der Waals surface area contributed by atoms with E-state index >= 15 is 0 Å².